The zero-order chi connectivity index (χ0) is 19.6. The summed E-state index contributed by atoms with van der Waals surface area (Å²) in [4.78, 5) is 16.9. The van der Waals surface area contributed by atoms with Crippen LogP contribution in [0.25, 0.3) is 0 Å². The second-order valence-electron chi connectivity index (χ2n) is 5.99. The van der Waals surface area contributed by atoms with Crippen molar-refractivity contribution in [2.75, 3.05) is 34.6 Å². The van der Waals surface area contributed by atoms with Crippen LogP contribution in [0.2, 0.25) is 0 Å². The highest BCUT2D eigenvalue weighted by Gasteiger charge is 2.13. The maximum absolute atomic E-state index is 12.6. The molecule has 1 N–H and O–H groups in total. The van der Waals surface area contributed by atoms with E-state index in [2.05, 4.69) is 10.3 Å². The highest BCUT2D eigenvalue weighted by Crippen LogP contribution is 2.27. The van der Waals surface area contributed by atoms with Crippen molar-refractivity contribution in [1.82, 2.24) is 5.32 Å². The number of aliphatic imine (C=N–C) groups is 1. The predicted molar refractivity (Wildman–Crippen MR) is 106 cm³/mol. The largest absolute Gasteiger partial charge is 0.493 e. The van der Waals surface area contributed by atoms with Gasteiger partial charge >= 0.3 is 0 Å². The van der Waals surface area contributed by atoms with Gasteiger partial charge in [0.25, 0.3) is 5.91 Å². The first-order valence-corrected chi connectivity index (χ1v) is 8.68. The minimum absolute atomic E-state index is 0.131. The molecule has 0 unspecified atom stereocenters. The lowest BCUT2D eigenvalue weighted by Crippen LogP contribution is -2.33. The van der Waals surface area contributed by atoms with Crippen LogP contribution < -0.4 is 14.8 Å². The number of aryl methyl sites for hydroxylation is 1. The normalized spacial score (nSPS) is 11.2. The summed E-state index contributed by atoms with van der Waals surface area (Å²) in [5, 5.41) is 2.92. The van der Waals surface area contributed by atoms with E-state index in [1.54, 1.807) is 21.3 Å². The highest BCUT2D eigenvalue weighted by atomic mass is 16.5. The second kappa shape index (κ2) is 10.3. The molecule has 0 bridgehead atoms. The molecule has 6 nitrogen and oxygen atoms in total. The number of rotatable bonds is 9. The lowest BCUT2D eigenvalue weighted by Gasteiger charge is -2.11. The van der Waals surface area contributed by atoms with Gasteiger partial charge in [-0.25, -0.2) is 0 Å². The number of amides is 1. The Hall–Kier alpha value is -2.86. The molecule has 0 radical (unpaired) electrons. The Morgan fingerprint density at radius 3 is 2.33 bits per heavy atom. The number of hydrogen-bond donors (Lipinski definition) is 1. The third-order valence-corrected chi connectivity index (χ3v) is 4.04. The fraction of sp³-hybridized carbons (Fsp3) is 0.333. The summed E-state index contributed by atoms with van der Waals surface area (Å²) >= 11 is 0. The van der Waals surface area contributed by atoms with Crippen molar-refractivity contribution < 1.29 is 19.0 Å². The van der Waals surface area contributed by atoms with E-state index < -0.39 is 0 Å². The molecule has 0 spiro atoms. The minimum Gasteiger partial charge on any atom is -0.493 e. The molecule has 0 saturated heterocycles. The van der Waals surface area contributed by atoms with Gasteiger partial charge in [0, 0.05) is 19.2 Å². The van der Waals surface area contributed by atoms with Gasteiger partial charge in [0.1, 0.15) is 12.4 Å². The van der Waals surface area contributed by atoms with Crippen LogP contribution in [0.5, 0.6) is 11.5 Å². The molecule has 6 heteroatoms. The molecule has 2 aromatic carbocycles. The first kappa shape index (κ1) is 20.5. The SMILES string of the molecule is COCN=C(C(=O)NCCc1ccc(OC)c(OC)c1)c1ccc(C)cc1. The van der Waals surface area contributed by atoms with E-state index in [0.29, 0.717) is 30.2 Å². The molecule has 144 valence electrons. The summed E-state index contributed by atoms with van der Waals surface area (Å²) in [6.45, 7) is 2.61. The van der Waals surface area contributed by atoms with Gasteiger partial charge in [-0.2, -0.15) is 0 Å². The standard InChI is InChI=1S/C21H26N2O4/c1-15-5-8-17(9-6-15)20(23-14-25-2)21(24)22-12-11-16-7-10-18(26-3)19(13-16)27-4/h5-10,13H,11-12,14H2,1-4H3,(H,22,24). The molecule has 0 aliphatic rings. The van der Waals surface area contributed by atoms with Crippen LogP contribution in [0.4, 0.5) is 0 Å². The van der Waals surface area contributed by atoms with E-state index in [1.165, 1.54) is 0 Å². The fourth-order valence-corrected chi connectivity index (χ4v) is 2.57. The van der Waals surface area contributed by atoms with Crippen LogP contribution in [0.15, 0.2) is 47.5 Å². The van der Waals surface area contributed by atoms with Crippen molar-refractivity contribution in [3.63, 3.8) is 0 Å². The third kappa shape index (κ3) is 5.82. The molecule has 0 heterocycles. The molecule has 2 aromatic rings. The van der Waals surface area contributed by atoms with Crippen molar-refractivity contribution in [3.05, 3.63) is 59.2 Å². The summed E-state index contributed by atoms with van der Waals surface area (Å²) in [6, 6.07) is 13.4. The maximum Gasteiger partial charge on any atom is 0.270 e. The van der Waals surface area contributed by atoms with Gasteiger partial charge in [-0.1, -0.05) is 35.9 Å². The first-order valence-electron chi connectivity index (χ1n) is 8.68. The van der Waals surface area contributed by atoms with Gasteiger partial charge in [0.05, 0.1) is 14.2 Å². The third-order valence-electron chi connectivity index (χ3n) is 4.04. The first-order chi connectivity index (χ1) is 13.1. The van der Waals surface area contributed by atoms with Gasteiger partial charge in [0.15, 0.2) is 11.5 Å². The van der Waals surface area contributed by atoms with E-state index in [1.807, 2.05) is 49.4 Å². The Balaban J connectivity index is 2.02. The van der Waals surface area contributed by atoms with E-state index in [0.717, 1.165) is 16.7 Å². The second-order valence-corrected chi connectivity index (χ2v) is 5.99. The van der Waals surface area contributed by atoms with Gasteiger partial charge in [-0.15, -0.1) is 0 Å². The Labute approximate surface area is 160 Å². The zero-order valence-corrected chi connectivity index (χ0v) is 16.2. The number of benzene rings is 2. The molecule has 0 aromatic heterocycles. The fourth-order valence-electron chi connectivity index (χ4n) is 2.57. The Morgan fingerprint density at radius 1 is 1.00 bits per heavy atom. The van der Waals surface area contributed by atoms with Crippen LogP contribution >= 0.6 is 0 Å². The Morgan fingerprint density at radius 2 is 1.70 bits per heavy atom. The van der Waals surface area contributed by atoms with Gasteiger partial charge in [-0.3, -0.25) is 9.79 Å². The van der Waals surface area contributed by atoms with Crippen molar-refractivity contribution in [3.8, 4) is 11.5 Å². The Kier molecular flexibility index (Phi) is 7.82. The van der Waals surface area contributed by atoms with E-state index in [-0.39, 0.29) is 12.6 Å². The molecule has 0 aliphatic carbocycles. The summed E-state index contributed by atoms with van der Waals surface area (Å²) in [5.74, 6) is 1.12. The number of carbonyl (C=O) groups excluding carboxylic acids is 1. The van der Waals surface area contributed by atoms with Gasteiger partial charge in [-0.05, 0) is 31.0 Å². The van der Waals surface area contributed by atoms with Gasteiger partial charge in [0.2, 0.25) is 0 Å². The number of nitrogens with zero attached hydrogens (tertiary/aromatic N) is 1. The molecule has 1 amide bonds. The number of hydrogen-bond acceptors (Lipinski definition) is 5. The molecular formula is C21H26N2O4. The topological polar surface area (TPSA) is 69.2 Å². The highest BCUT2D eigenvalue weighted by molar-refractivity contribution is 6.45. The van der Waals surface area contributed by atoms with E-state index >= 15 is 0 Å². The van der Waals surface area contributed by atoms with Crippen LogP contribution in [-0.4, -0.2) is 46.2 Å². The molecule has 0 fully saturated rings. The predicted octanol–water partition coefficient (Wildman–Crippen LogP) is 2.76. The van der Waals surface area contributed by atoms with Crippen LogP contribution in [0.3, 0.4) is 0 Å². The van der Waals surface area contributed by atoms with Crippen LogP contribution in [-0.2, 0) is 16.0 Å². The molecule has 0 atom stereocenters. The average molecular weight is 370 g/mol. The summed E-state index contributed by atoms with van der Waals surface area (Å²) in [6.07, 6.45) is 0.664. The van der Waals surface area contributed by atoms with Crippen molar-refractivity contribution in [2.24, 2.45) is 4.99 Å². The van der Waals surface area contributed by atoms with Crippen molar-refractivity contribution in [2.45, 2.75) is 13.3 Å². The van der Waals surface area contributed by atoms with Crippen LogP contribution in [0, 0.1) is 6.92 Å². The van der Waals surface area contributed by atoms with Crippen molar-refractivity contribution in [1.29, 1.82) is 0 Å². The molecule has 0 aliphatic heterocycles. The zero-order valence-electron chi connectivity index (χ0n) is 16.2. The van der Waals surface area contributed by atoms with Gasteiger partial charge < -0.3 is 19.5 Å². The summed E-state index contributed by atoms with van der Waals surface area (Å²) < 4.78 is 15.5. The van der Waals surface area contributed by atoms with Crippen molar-refractivity contribution >= 4 is 11.6 Å². The lowest BCUT2D eigenvalue weighted by atomic mass is 10.1. The smallest absolute Gasteiger partial charge is 0.270 e. The van der Waals surface area contributed by atoms with E-state index in [9.17, 15) is 4.79 Å². The summed E-state index contributed by atoms with van der Waals surface area (Å²) in [5.41, 5.74) is 3.29. The molecule has 2 rings (SSSR count). The molecule has 0 saturated carbocycles. The number of carbonyl (C=O) groups is 1. The Bertz CT molecular complexity index is 785. The van der Waals surface area contributed by atoms with Crippen LogP contribution in [0.1, 0.15) is 16.7 Å². The monoisotopic (exact) mass is 370 g/mol. The van der Waals surface area contributed by atoms with E-state index in [4.69, 9.17) is 14.2 Å². The lowest BCUT2D eigenvalue weighted by molar-refractivity contribution is -0.114. The average Bonchev–Trinajstić information content (AvgIpc) is 2.69. The summed E-state index contributed by atoms with van der Waals surface area (Å²) in [7, 11) is 4.75. The molecular weight excluding hydrogens is 344 g/mol. The quantitative estimate of drug-likeness (QED) is 0.689. The number of ether oxygens (including phenoxy) is 3. The maximum atomic E-state index is 12.6. The minimum atomic E-state index is -0.226. The molecule has 27 heavy (non-hydrogen) atoms. The number of nitrogens with one attached hydrogen (secondary N) is 1. The number of methoxy groups -OCH3 is 3.